The topological polar surface area (TPSA) is 46.2 Å². The smallest absolute Gasteiger partial charge is 0.113 e. The molecule has 2 aliphatic rings. The molecule has 0 spiro atoms. The Hall–Kier alpha value is -3.58. The SMILES string of the molecule is COC[C@H]1[C@@H]([C@@H](OCc2ccccc2)[C@H](OCc2ccccc2)[C@@H](COCc2ccccc2)OCc2ccccc2)[C@H]2C=C[C@@H]1C2. The lowest BCUT2D eigenvalue weighted by Crippen LogP contribution is -2.51. The van der Waals surface area contributed by atoms with Gasteiger partial charge in [-0.05, 0) is 52.3 Å². The first-order valence-corrected chi connectivity index (χ1v) is 16.5. The molecule has 4 aromatic rings. The molecule has 2 aliphatic carbocycles. The molecule has 5 heteroatoms. The minimum atomic E-state index is -0.388. The summed E-state index contributed by atoms with van der Waals surface area (Å²) < 4.78 is 33.1. The van der Waals surface area contributed by atoms with Crippen molar-refractivity contribution in [3.63, 3.8) is 0 Å². The number of ether oxygens (including phenoxy) is 5. The maximum absolute atomic E-state index is 7.04. The van der Waals surface area contributed by atoms with Crippen LogP contribution >= 0.6 is 0 Å². The van der Waals surface area contributed by atoms with Gasteiger partial charge in [0, 0.05) is 13.7 Å². The van der Waals surface area contributed by atoms with Gasteiger partial charge >= 0.3 is 0 Å². The summed E-state index contributed by atoms with van der Waals surface area (Å²) in [4.78, 5) is 0. The highest BCUT2D eigenvalue weighted by Crippen LogP contribution is 2.51. The Morgan fingerprint density at radius 3 is 1.59 bits per heavy atom. The Labute approximate surface area is 274 Å². The van der Waals surface area contributed by atoms with Crippen molar-refractivity contribution in [1.29, 1.82) is 0 Å². The first kappa shape index (κ1) is 32.4. The van der Waals surface area contributed by atoms with Gasteiger partial charge in [-0.1, -0.05) is 133 Å². The molecule has 4 aromatic carbocycles. The highest BCUT2D eigenvalue weighted by Gasteiger charge is 2.52. The average molecular weight is 619 g/mol. The van der Waals surface area contributed by atoms with Gasteiger partial charge in [0.25, 0.3) is 0 Å². The van der Waals surface area contributed by atoms with E-state index >= 15 is 0 Å². The number of methoxy groups -OCH3 is 1. The lowest BCUT2D eigenvalue weighted by Gasteiger charge is -2.41. The van der Waals surface area contributed by atoms with E-state index in [2.05, 4.69) is 84.9 Å². The van der Waals surface area contributed by atoms with Gasteiger partial charge in [-0.2, -0.15) is 0 Å². The van der Waals surface area contributed by atoms with Gasteiger partial charge in [0.1, 0.15) is 12.2 Å². The summed E-state index contributed by atoms with van der Waals surface area (Å²) in [6.07, 6.45) is 4.88. The first-order chi connectivity index (χ1) is 22.8. The van der Waals surface area contributed by atoms with Gasteiger partial charge in [0.05, 0.1) is 39.1 Å². The highest BCUT2D eigenvalue weighted by atomic mass is 16.6. The van der Waals surface area contributed by atoms with Crippen LogP contribution in [0.1, 0.15) is 28.7 Å². The van der Waals surface area contributed by atoms with Crippen molar-refractivity contribution in [2.75, 3.05) is 20.3 Å². The Bertz CT molecular complexity index is 1450. The zero-order chi connectivity index (χ0) is 31.4. The van der Waals surface area contributed by atoms with Crippen molar-refractivity contribution in [3.8, 4) is 0 Å². The molecule has 6 rings (SSSR count). The molecule has 0 amide bonds. The molecule has 0 unspecified atom stereocenters. The molecule has 1 fully saturated rings. The summed E-state index contributed by atoms with van der Waals surface area (Å²) >= 11 is 0. The molecule has 0 aliphatic heterocycles. The van der Waals surface area contributed by atoms with Gasteiger partial charge in [-0.3, -0.25) is 0 Å². The molecule has 0 heterocycles. The third-order valence-corrected chi connectivity index (χ3v) is 9.39. The van der Waals surface area contributed by atoms with Crippen LogP contribution in [-0.2, 0) is 50.1 Å². The van der Waals surface area contributed by atoms with Gasteiger partial charge in [-0.15, -0.1) is 0 Å². The highest BCUT2D eigenvalue weighted by molar-refractivity contribution is 5.19. The maximum Gasteiger partial charge on any atom is 0.113 e. The van der Waals surface area contributed by atoms with Crippen molar-refractivity contribution in [2.24, 2.45) is 23.7 Å². The largest absolute Gasteiger partial charge is 0.384 e. The predicted octanol–water partition coefficient (Wildman–Crippen LogP) is 8.04. The number of fused-ring (bicyclic) bond motifs is 2. The molecule has 0 N–H and O–H groups in total. The predicted molar refractivity (Wildman–Crippen MR) is 181 cm³/mol. The van der Waals surface area contributed by atoms with Gasteiger partial charge in [0.15, 0.2) is 0 Å². The van der Waals surface area contributed by atoms with Crippen LogP contribution in [0, 0.1) is 23.7 Å². The summed E-state index contributed by atoms with van der Waals surface area (Å²) in [6.45, 7) is 2.95. The lowest BCUT2D eigenvalue weighted by molar-refractivity contribution is -0.188. The van der Waals surface area contributed by atoms with E-state index in [1.165, 1.54) is 0 Å². The fourth-order valence-corrected chi connectivity index (χ4v) is 7.13. The van der Waals surface area contributed by atoms with Crippen molar-refractivity contribution < 1.29 is 23.7 Å². The molecule has 1 saturated carbocycles. The fourth-order valence-electron chi connectivity index (χ4n) is 7.13. The third-order valence-electron chi connectivity index (χ3n) is 9.39. The normalized spacial score (nSPS) is 22.1. The molecule has 46 heavy (non-hydrogen) atoms. The Kier molecular flexibility index (Phi) is 11.8. The van der Waals surface area contributed by atoms with Crippen LogP contribution in [0.3, 0.4) is 0 Å². The van der Waals surface area contributed by atoms with E-state index in [1.807, 2.05) is 48.5 Å². The zero-order valence-electron chi connectivity index (χ0n) is 26.7. The lowest BCUT2D eigenvalue weighted by atomic mass is 9.77. The van der Waals surface area contributed by atoms with E-state index in [0.29, 0.717) is 57.4 Å². The number of benzene rings is 4. The van der Waals surface area contributed by atoms with E-state index in [1.54, 1.807) is 7.11 Å². The number of hydrogen-bond acceptors (Lipinski definition) is 5. The van der Waals surface area contributed by atoms with Gasteiger partial charge in [0.2, 0.25) is 0 Å². The minimum absolute atomic E-state index is 0.219. The van der Waals surface area contributed by atoms with Gasteiger partial charge < -0.3 is 23.7 Å². The van der Waals surface area contributed by atoms with Crippen molar-refractivity contribution in [3.05, 3.63) is 156 Å². The molecule has 0 aromatic heterocycles. The summed E-state index contributed by atoms with van der Waals surface area (Å²) in [5.41, 5.74) is 4.49. The first-order valence-electron chi connectivity index (χ1n) is 16.5. The Balaban J connectivity index is 1.33. The Morgan fingerprint density at radius 2 is 1.04 bits per heavy atom. The van der Waals surface area contributed by atoms with E-state index in [-0.39, 0.29) is 24.2 Å². The summed E-state index contributed by atoms with van der Waals surface area (Å²) in [5, 5.41) is 0. The molecule has 240 valence electrons. The Morgan fingerprint density at radius 1 is 0.565 bits per heavy atom. The number of allylic oxidation sites excluding steroid dienone is 2. The number of hydrogen-bond donors (Lipinski definition) is 0. The van der Waals surface area contributed by atoms with E-state index < -0.39 is 0 Å². The van der Waals surface area contributed by atoms with Crippen LogP contribution in [0.2, 0.25) is 0 Å². The summed E-state index contributed by atoms with van der Waals surface area (Å²) in [7, 11) is 1.80. The maximum atomic E-state index is 7.04. The molecule has 0 saturated heterocycles. The van der Waals surface area contributed by atoms with Crippen LogP contribution in [0.15, 0.2) is 133 Å². The van der Waals surface area contributed by atoms with E-state index in [4.69, 9.17) is 23.7 Å². The van der Waals surface area contributed by atoms with Crippen LogP contribution in [0.25, 0.3) is 0 Å². The quantitative estimate of drug-likeness (QED) is 0.106. The zero-order valence-corrected chi connectivity index (χ0v) is 26.7. The van der Waals surface area contributed by atoms with E-state index in [9.17, 15) is 0 Å². The summed E-state index contributed by atoms with van der Waals surface area (Å²) in [6, 6.07) is 41.4. The number of rotatable bonds is 18. The van der Waals surface area contributed by atoms with Gasteiger partial charge in [-0.25, -0.2) is 0 Å². The third kappa shape index (κ3) is 8.61. The second-order valence-corrected chi connectivity index (χ2v) is 12.5. The second kappa shape index (κ2) is 16.8. The van der Waals surface area contributed by atoms with Crippen LogP contribution in [-0.4, -0.2) is 38.6 Å². The van der Waals surface area contributed by atoms with Crippen LogP contribution in [0.4, 0.5) is 0 Å². The van der Waals surface area contributed by atoms with Crippen LogP contribution in [0.5, 0.6) is 0 Å². The van der Waals surface area contributed by atoms with Crippen molar-refractivity contribution >= 4 is 0 Å². The second-order valence-electron chi connectivity index (χ2n) is 12.5. The molecular formula is C41H46O5. The molecule has 7 atom stereocenters. The standard InChI is InChI=1S/C41H46O5/c1-42-29-37-35-22-23-36(24-35)39(37)41(46-28-34-20-12-5-13-21-34)40(45-27-33-18-10-4-11-19-33)38(44-26-32-16-8-3-9-17-32)30-43-25-31-14-6-2-7-15-31/h2-23,35-41H,24-30H2,1H3/t35-,36+,37-,38-,39+,40-,41-/m1/s1. The minimum Gasteiger partial charge on any atom is -0.384 e. The van der Waals surface area contributed by atoms with E-state index in [0.717, 1.165) is 28.7 Å². The molecule has 2 bridgehead atoms. The summed E-state index contributed by atoms with van der Waals surface area (Å²) in [5.74, 6) is 1.43. The molecular weight excluding hydrogens is 572 g/mol. The fraction of sp³-hybridized carbons (Fsp3) is 0.366. The molecule has 0 radical (unpaired) electrons. The average Bonchev–Trinajstić information content (AvgIpc) is 3.72. The van der Waals surface area contributed by atoms with Crippen molar-refractivity contribution in [1.82, 2.24) is 0 Å². The monoisotopic (exact) mass is 618 g/mol. The van der Waals surface area contributed by atoms with Crippen molar-refractivity contribution in [2.45, 2.75) is 51.2 Å². The van der Waals surface area contributed by atoms with Crippen LogP contribution < -0.4 is 0 Å². The molecule has 5 nitrogen and oxygen atoms in total.